The maximum atomic E-state index is 12.4. The van der Waals surface area contributed by atoms with E-state index in [1.54, 1.807) is 0 Å². The quantitative estimate of drug-likeness (QED) is 0.628. The van der Waals surface area contributed by atoms with Crippen LogP contribution in [0.25, 0.3) is 0 Å². The molecular formula is C23H23NO2. The van der Waals surface area contributed by atoms with Crippen LogP contribution in [0.15, 0.2) is 78.9 Å². The van der Waals surface area contributed by atoms with Gasteiger partial charge in [-0.1, -0.05) is 62.4 Å². The van der Waals surface area contributed by atoms with Crippen LogP contribution >= 0.6 is 0 Å². The van der Waals surface area contributed by atoms with Gasteiger partial charge < -0.3 is 10.1 Å². The van der Waals surface area contributed by atoms with Crippen molar-refractivity contribution in [3.05, 3.63) is 95.6 Å². The zero-order chi connectivity index (χ0) is 18.4. The van der Waals surface area contributed by atoms with Crippen LogP contribution in [0.2, 0.25) is 0 Å². The van der Waals surface area contributed by atoms with Crippen molar-refractivity contribution in [3.63, 3.8) is 0 Å². The second-order valence-electron chi connectivity index (χ2n) is 6.53. The third-order valence-electron chi connectivity index (χ3n) is 4.18. The normalized spacial score (nSPS) is 10.6. The molecule has 0 aromatic heterocycles. The number of carbonyl (C=O) groups excluding carboxylic acids is 1. The van der Waals surface area contributed by atoms with E-state index in [9.17, 15) is 4.79 Å². The Labute approximate surface area is 154 Å². The minimum Gasteiger partial charge on any atom is -0.489 e. The Bertz CT molecular complexity index is 855. The first-order chi connectivity index (χ1) is 12.6. The van der Waals surface area contributed by atoms with Crippen molar-refractivity contribution in [1.82, 2.24) is 0 Å². The van der Waals surface area contributed by atoms with Crippen molar-refractivity contribution in [2.45, 2.75) is 26.4 Å². The van der Waals surface area contributed by atoms with Gasteiger partial charge in [-0.25, -0.2) is 0 Å². The molecule has 0 spiro atoms. The van der Waals surface area contributed by atoms with Crippen LogP contribution in [-0.4, -0.2) is 5.91 Å². The summed E-state index contributed by atoms with van der Waals surface area (Å²) in [7, 11) is 0. The molecule has 3 rings (SSSR count). The predicted molar refractivity (Wildman–Crippen MR) is 106 cm³/mol. The van der Waals surface area contributed by atoms with E-state index in [4.69, 9.17) is 4.74 Å². The lowest BCUT2D eigenvalue weighted by atomic mass is 10.0. The minimum atomic E-state index is -0.125. The van der Waals surface area contributed by atoms with Crippen LogP contribution in [0, 0.1) is 0 Å². The lowest BCUT2D eigenvalue weighted by molar-refractivity contribution is 0.102. The van der Waals surface area contributed by atoms with Gasteiger partial charge in [-0.3, -0.25) is 4.79 Å². The fourth-order valence-corrected chi connectivity index (χ4v) is 2.63. The van der Waals surface area contributed by atoms with Crippen LogP contribution in [-0.2, 0) is 6.61 Å². The van der Waals surface area contributed by atoms with Gasteiger partial charge in [0.25, 0.3) is 5.91 Å². The SMILES string of the molecule is CC(C)c1ccc(C(=O)Nc2cccc(OCc3ccccc3)c2)cc1. The van der Waals surface area contributed by atoms with Gasteiger partial charge in [0.2, 0.25) is 0 Å². The van der Waals surface area contributed by atoms with Gasteiger partial charge in [0.1, 0.15) is 12.4 Å². The summed E-state index contributed by atoms with van der Waals surface area (Å²) in [4.78, 5) is 12.4. The number of benzene rings is 3. The summed E-state index contributed by atoms with van der Waals surface area (Å²) >= 11 is 0. The van der Waals surface area contributed by atoms with E-state index >= 15 is 0 Å². The van der Waals surface area contributed by atoms with Gasteiger partial charge in [0, 0.05) is 17.3 Å². The van der Waals surface area contributed by atoms with Crippen LogP contribution < -0.4 is 10.1 Å². The average molecular weight is 345 g/mol. The fourth-order valence-electron chi connectivity index (χ4n) is 2.63. The summed E-state index contributed by atoms with van der Waals surface area (Å²) in [6, 6.07) is 25.2. The summed E-state index contributed by atoms with van der Waals surface area (Å²) in [5, 5.41) is 2.93. The molecule has 3 aromatic rings. The molecule has 26 heavy (non-hydrogen) atoms. The number of amides is 1. The summed E-state index contributed by atoms with van der Waals surface area (Å²) in [6.45, 7) is 4.76. The zero-order valence-corrected chi connectivity index (χ0v) is 15.1. The molecule has 132 valence electrons. The highest BCUT2D eigenvalue weighted by Crippen LogP contribution is 2.20. The van der Waals surface area contributed by atoms with Crippen molar-refractivity contribution in [1.29, 1.82) is 0 Å². The number of ether oxygens (including phenoxy) is 1. The molecule has 1 N–H and O–H groups in total. The van der Waals surface area contributed by atoms with E-state index in [0.29, 0.717) is 23.8 Å². The lowest BCUT2D eigenvalue weighted by Crippen LogP contribution is -2.12. The second-order valence-corrected chi connectivity index (χ2v) is 6.53. The summed E-state index contributed by atoms with van der Waals surface area (Å²) in [5.41, 5.74) is 3.68. The number of hydrogen-bond acceptors (Lipinski definition) is 2. The van der Waals surface area contributed by atoms with E-state index in [0.717, 1.165) is 11.3 Å². The molecule has 0 unspecified atom stereocenters. The smallest absolute Gasteiger partial charge is 0.255 e. The summed E-state index contributed by atoms with van der Waals surface area (Å²) in [6.07, 6.45) is 0. The van der Waals surface area contributed by atoms with Crippen molar-refractivity contribution in [3.8, 4) is 5.75 Å². The van der Waals surface area contributed by atoms with Gasteiger partial charge >= 0.3 is 0 Å². The predicted octanol–water partition coefficient (Wildman–Crippen LogP) is 5.64. The molecule has 3 aromatic carbocycles. The number of nitrogens with one attached hydrogen (secondary N) is 1. The molecule has 0 fully saturated rings. The maximum absolute atomic E-state index is 12.4. The highest BCUT2D eigenvalue weighted by Gasteiger charge is 2.08. The molecule has 0 aliphatic heterocycles. The van der Waals surface area contributed by atoms with Crippen LogP contribution in [0.5, 0.6) is 5.75 Å². The molecular weight excluding hydrogens is 322 g/mol. The molecule has 0 radical (unpaired) electrons. The Morgan fingerprint density at radius 2 is 1.65 bits per heavy atom. The molecule has 0 heterocycles. The first kappa shape index (κ1) is 17.7. The van der Waals surface area contributed by atoms with E-state index in [1.165, 1.54) is 5.56 Å². The van der Waals surface area contributed by atoms with Gasteiger partial charge in [-0.2, -0.15) is 0 Å². The van der Waals surface area contributed by atoms with Crippen molar-refractivity contribution in [2.75, 3.05) is 5.32 Å². The Balaban J connectivity index is 1.63. The van der Waals surface area contributed by atoms with Crippen LogP contribution in [0.3, 0.4) is 0 Å². The molecule has 0 atom stereocenters. The van der Waals surface area contributed by atoms with E-state index in [2.05, 4.69) is 19.2 Å². The minimum absolute atomic E-state index is 0.125. The first-order valence-electron chi connectivity index (χ1n) is 8.80. The number of anilines is 1. The Morgan fingerprint density at radius 1 is 0.923 bits per heavy atom. The summed E-state index contributed by atoms with van der Waals surface area (Å²) < 4.78 is 5.81. The molecule has 0 saturated carbocycles. The van der Waals surface area contributed by atoms with E-state index in [1.807, 2.05) is 78.9 Å². The largest absolute Gasteiger partial charge is 0.489 e. The van der Waals surface area contributed by atoms with Crippen molar-refractivity contribution < 1.29 is 9.53 Å². The molecule has 1 amide bonds. The molecule has 0 aliphatic rings. The third kappa shape index (κ3) is 4.73. The van der Waals surface area contributed by atoms with Crippen LogP contribution in [0.1, 0.15) is 41.3 Å². The Kier molecular flexibility index (Phi) is 5.69. The Hall–Kier alpha value is -3.07. The van der Waals surface area contributed by atoms with Gasteiger partial charge in [-0.15, -0.1) is 0 Å². The maximum Gasteiger partial charge on any atom is 0.255 e. The topological polar surface area (TPSA) is 38.3 Å². The van der Waals surface area contributed by atoms with Crippen molar-refractivity contribution >= 4 is 11.6 Å². The van der Waals surface area contributed by atoms with E-state index < -0.39 is 0 Å². The molecule has 3 heteroatoms. The second kappa shape index (κ2) is 8.34. The monoisotopic (exact) mass is 345 g/mol. The first-order valence-corrected chi connectivity index (χ1v) is 8.80. The number of rotatable bonds is 6. The highest BCUT2D eigenvalue weighted by molar-refractivity contribution is 6.04. The molecule has 0 bridgehead atoms. The third-order valence-corrected chi connectivity index (χ3v) is 4.18. The zero-order valence-electron chi connectivity index (χ0n) is 15.1. The van der Waals surface area contributed by atoms with E-state index in [-0.39, 0.29) is 5.91 Å². The number of hydrogen-bond donors (Lipinski definition) is 1. The highest BCUT2D eigenvalue weighted by atomic mass is 16.5. The summed E-state index contributed by atoms with van der Waals surface area (Å²) in [5.74, 6) is 1.05. The lowest BCUT2D eigenvalue weighted by Gasteiger charge is -2.10. The molecule has 3 nitrogen and oxygen atoms in total. The molecule has 0 aliphatic carbocycles. The average Bonchev–Trinajstić information content (AvgIpc) is 2.67. The van der Waals surface area contributed by atoms with Gasteiger partial charge in [0.05, 0.1) is 0 Å². The standard InChI is InChI=1S/C23H23NO2/c1-17(2)19-11-13-20(14-12-19)23(25)24-21-9-6-10-22(15-21)26-16-18-7-4-3-5-8-18/h3-15,17H,16H2,1-2H3,(H,24,25). The van der Waals surface area contributed by atoms with Gasteiger partial charge in [0.15, 0.2) is 0 Å². The van der Waals surface area contributed by atoms with Crippen molar-refractivity contribution in [2.24, 2.45) is 0 Å². The fraction of sp³-hybridized carbons (Fsp3) is 0.174. The molecule has 0 saturated heterocycles. The van der Waals surface area contributed by atoms with Gasteiger partial charge in [-0.05, 0) is 41.3 Å². The van der Waals surface area contributed by atoms with Crippen LogP contribution in [0.4, 0.5) is 5.69 Å². The Morgan fingerprint density at radius 3 is 2.35 bits per heavy atom. The number of carbonyl (C=O) groups is 1.